The number of thiophene rings is 1. The first-order chi connectivity index (χ1) is 13.3. The van der Waals surface area contributed by atoms with Gasteiger partial charge in [-0.2, -0.15) is 0 Å². The third-order valence-electron chi connectivity index (χ3n) is 5.16. The molecule has 0 saturated heterocycles. The van der Waals surface area contributed by atoms with Crippen molar-refractivity contribution in [3.63, 3.8) is 0 Å². The van der Waals surface area contributed by atoms with Gasteiger partial charge < -0.3 is 9.84 Å². The van der Waals surface area contributed by atoms with Gasteiger partial charge >= 0.3 is 6.16 Å². The second-order valence-corrected chi connectivity index (χ2v) is 9.04. The number of carbonyl (C=O) groups excluding carboxylic acids is 1. The number of anilines is 1. The van der Waals surface area contributed by atoms with Gasteiger partial charge in [0.25, 0.3) is 0 Å². The van der Waals surface area contributed by atoms with Crippen molar-refractivity contribution in [3.05, 3.63) is 23.2 Å². The van der Waals surface area contributed by atoms with E-state index in [1.807, 2.05) is 32.9 Å². The van der Waals surface area contributed by atoms with Crippen LogP contribution in [-0.2, 0) is 4.79 Å². The fourth-order valence-corrected chi connectivity index (χ4v) is 4.44. The van der Waals surface area contributed by atoms with Gasteiger partial charge in [0, 0.05) is 16.8 Å². The number of ether oxygens (including phenoxy) is 1. The summed E-state index contributed by atoms with van der Waals surface area (Å²) < 4.78 is 6.56. The van der Waals surface area contributed by atoms with E-state index in [9.17, 15) is 9.59 Å². The summed E-state index contributed by atoms with van der Waals surface area (Å²) in [4.78, 5) is 27.2. The molecule has 0 aromatic carbocycles. The molecule has 0 bridgehead atoms. The fourth-order valence-electron chi connectivity index (χ4n) is 3.65. The van der Waals surface area contributed by atoms with Gasteiger partial charge in [-0.1, -0.05) is 6.92 Å². The first-order valence-electron chi connectivity index (χ1n) is 9.66. The van der Waals surface area contributed by atoms with Gasteiger partial charge in [0.15, 0.2) is 5.75 Å². The van der Waals surface area contributed by atoms with Crippen molar-refractivity contribution in [2.75, 3.05) is 4.90 Å². The molecule has 0 atom stereocenters. The van der Waals surface area contributed by atoms with Gasteiger partial charge in [0.1, 0.15) is 5.00 Å². The Bertz CT molecular complexity index is 850. The van der Waals surface area contributed by atoms with Crippen LogP contribution in [0.2, 0.25) is 0 Å². The summed E-state index contributed by atoms with van der Waals surface area (Å²) >= 11 is 1.53. The third kappa shape index (κ3) is 4.38. The SMILES string of the molecule is Cc1ccc(-n2cc(OC(=O)O)c(N(C(=O)[C@H]3CC[C@H](C)CC3)C(C)C)n2)s1. The van der Waals surface area contributed by atoms with E-state index in [-0.39, 0.29) is 29.4 Å². The molecule has 1 aliphatic carbocycles. The first kappa shape index (κ1) is 20.4. The van der Waals surface area contributed by atoms with Gasteiger partial charge in [-0.25, -0.2) is 9.48 Å². The average Bonchev–Trinajstić information content (AvgIpc) is 3.22. The topological polar surface area (TPSA) is 84.7 Å². The molecule has 2 aromatic rings. The van der Waals surface area contributed by atoms with Crippen molar-refractivity contribution < 1.29 is 19.4 Å². The summed E-state index contributed by atoms with van der Waals surface area (Å²) in [6.45, 7) is 8.01. The number of aryl methyl sites for hydroxylation is 1. The largest absolute Gasteiger partial charge is 0.511 e. The van der Waals surface area contributed by atoms with Crippen LogP contribution in [-0.4, -0.2) is 33.0 Å². The van der Waals surface area contributed by atoms with Gasteiger partial charge in [0.2, 0.25) is 11.7 Å². The van der Waals surface area contributed by atoms with E-state index in [1.165, 1.54) is 17.5 Å². The maximum absolute atomic E-state index is 13.3. The number of carboxylic acid groups (broad SMARTS) is 1. The quantitative estimate of drug-likeness (QED) is 0.718. The summed E-state index contributed by atoms with van der Waals surface area (Å²) in [5, 5.41) is 14.5. The molecule has 1 N–H and O–H groups in total. The molecule has 1 saturated carbocycles. The Morgan fingerprint density at radius 1 is 1.29 bits per heavy atom. The minimum atomic E-state index is -1.43. The van der Waals surface area contributed by atoms with Crippen LogP contribution in [0.4, 0.5) is 10.6 Å². The van der Waals surface area contributed by atoms with Crippen LogP contribution in [0.15, 0.2) is 18.3 Å². The van der Waals surface area contributed by atoms with Gasteiger partial charge in [-0.15, -0.1) is 16.4 Å². The molecular formula is C20H27N3O4S. The molecule has 0 aliphatic heterocycles. The van der Waals surface area contributed by atoms with Crippen LogP contribution in [0.3, 0.4) is 0 Å². The molecule has 1 aliphatic rings. The number of rotatable bonds is 5. The molecule has 1 fully saturated rings. The summed E-state index contributed by atoms with van der Waals surface area (Å²) in [7, 11) is 0. The van der Waals surface area contributed by atoms with E-state index in [1.54, 1.807) is 9.58 Å². The molecular weight excluding hydrogens is 378 g/mol. The van der Waals surface area contributed by atoms with E-state index in [2.05, 4.69) is 12.0 Å². The molecule has 3 rings (SSSR count). The monoisotopic (exact) mass is 405 g/mol. The minimum Gasteiger partial charge on any atom is -0.449 e. The van der Waals surface area contributed by atoms with E-state index in [0.29, 0.717) is 5.92 Å². The molecule has 8 heteroatoms. The molecule has 2 aromatic heterocycles. The Morgan fingerprint density at radius 3 is 2.50 bits per heavy atom. The van der Waals surface area contributed by atoms with Crippen molar-refractivity contribution in [1.29, 1.82) is 0 Å². The van der Waals surface area contributed by atoms with Crippen LogP contribution in [0.5, 0.6) is 5.75 Å². The highest BCUT2D eigenvalue weighted by Gasteiger charge is 2.34. The Morgan fingerprint density at radius 2 is 1.96 bits per heavy atom. The van der Waals surface area contributed by atoms with Crippen molar-refractivity contribution in [2.45, 2.75) is 59.4 Å². The molecule has 2 heterocycles. The number of aromatic nitrogens is 2. The van der Waals surface area contributed by atoms with Crippen LogP contribution < -0.4 is 9.64 Å². The van der Waals surface area contributed by atoms with Gasteiger partial charge in [-0.05, 0) is 64.5 Å². The minimum absolute atomic E-state index is 0.00949. The maximum atomic E-state index is 13.3. The third-order valence-corrected chi connectivity index (χ3v) is 6.15. The lowest BCUT2D eigenvalue weighted by atomic mass is 9.82. The Hall–Kier alpha value is -2.35. The van der Waals surface area contributed by atoms with Gasteiger partial charge in [0.05, 0.1) is 6.20 Å². The molecule has 0 unspecified atom stereocenters. The first-order valence-corrected chi connectivity index (χ1v) is 10.5. The highest BCUT2D eigenvalue weighted by atomic mass is 32.1. The van der Waals surface area contributed by atoms with Crippen LogP contribution in [0.25, 0.3) is 5.00 Å². The summed E-state index contributed by atoms with van der Waals surface area (Å²) in [5.41, 5.74) is 0. The lowest BCUT2D eigenvalue weighted by molar-refractivity contribution is -0.124. The predicted octanol–water partition coefficient (Wildman–Crippen LogP) is 4.87. The van der Waals surface area contributed by atoms with Crippen molar-refractivity contribution in [3.8, 4) is 10.8 Å². The lowest BCUT2D eigenvalue weighted by Crippen LogP contribution is -2.42. The zero-order valence-corrected chi connectivity index (χ0v) is 17.5. The average molecular weight is 406 g/mol. The Labute approximate surface area is 168 Å². The second kappa shape index (κ2) is 8.34. The maximum Gasteiger partial charge on any atom is 0.511 e. The number of nitrogens with zero attached hydrogens (tertiary/aromatic N) is 3. The van der Waals surface area contributed by atoms with E-state index in [4.69, 9.17) is 9.84 Å². The predicted molar refractivity (Wildman–Crippen MR) is 109 cm³/mol. The van der Waals surface area contributed by atoms with E-state index in [0.717, 1.165) is 35.6 Å². The van der Waals surface area contributed by atoms with E-state index >= 15 is 0 Å². The number of hydrogen-bond donors (Lipinski definition) is 1. The zero-order valence-electron chi connectivity index (χ0n) is 16.7. The molecule has 0 spiro atoms. The highest BCUT2D eigenvalue weighted by Crippen LogP contribution is 2.35. The Balaban J connectivity index is 1.97. The number of amides is 1. The van der Waals surface area contributed by atoms with E-state index < -0.39 is 6.16 Å². The second-order valence-electron chi connectivity index (χ2n) is 7.77. The van der Waals surface area contributed by atoms with Crippen molar-refractivity contribution in [1.82, 2.24) is 9.78 Å². The molecule has 152 valence electrons. The molecule has 0 radical (unpaired) electrons. The fraction of sp³-hybridized carbons (Fsp3) is 0.550. The standard InChI is InChI=1S/C20H27N3O4S/c1-12(2)23(19(24)15-8-5-13(3)6-9-15)18-16(27-20(25)26)11-22(21-18)17-10-7-14(4)28-17/h7,10-13,15H,5-6,8-9H2,1-4H3,(H,25,26)/t13-,15-. The number of carbonyl (C=O) groups is 2. The molecule has 28 heavy (non-hydrogen) atoms. The van der Waals surface area contributed by atoms with Crippen LogP contribution in [0, 0.1) is 18.8 Å². The van der Waals surface area contributed by atoms with Crippen LogP contribution >= 0.6 is 11.3 Å². The molecule has 1 amide bonds. The van der Waals surface area contributed by atoms with Crippen molar-refractivity contribution in [2.24, 2.45) is 11.8 Å². The summed E-state index contributed by atoms with van der Waals surface area (Å²) in [6, 6.07) is 3.70. The van der Waals surface area contributed by atoms with Crippen molar-refractivity contribution >= 4 is 29.2 Å². The van der Waals surface area contributed by atoms with Crippen LogP contribution in [0.1, 0.15) is 51.3 Å². The summed E-state index contributed by atoms with van der Waals surface area (Å²) in [5.74, 6) is 0.899. The zero-order chi connectivity index (χ0) is 20.4. The lowest BCUT2D eigenvalue weighted by Gasteiger charge is -2.32. The number of hydrogen-bond acceptors (Lipinski definition) is 5. The normalized spacial score (nSPS) is 19.6. The highest BCUT2D eigenvalue weighted by molar-refractivity contribution is 7.14. The smallest absolute Gasteiger partial charge is 0.449 e. The molecule has 7 nitrogen and oxygen atoms in total. The van der Waals surface area contributed by atoms with Gasteiger partial charge in [-0.3, -0.25) is 9.69 Å². The Kier molecular flexibility index (Phi) is 6.07. The summed E-state index contributed by atoms with van der Waals surface area (Å²) in [6.07, 6.45) is 3.87.